The zero-order chi connectivity index (χ0) is 21.4. The molecule has 0 radical (unpaired) electrons. The Morgan fingerprint density at radius 1 is 1.17 bits per heavy atom. The number of hydrogen-bond donors (Lipinski definition) is 2. The highest BCUT2D eigenvalue weighted by atomic mass is 16.6. The van der Waals surface area contributed by atoms with Crippen molar-refractivity contribution in [1.82, 2.24) is 10.2 Å². The number of carbonyl (C=O) groups is 2. The molecule has 0 heterocycles. The van der Waals surface area contributed by atoms with Crippen LogP contribution in [0.2, 0.25) is 0 Å². The van der Waals surface area contributed by atoms with Crippen LogP contribution in [0.5, 0.6) is 0 Å². The summed E-state index contributed by atoms with van der Waals surface area (Å²) in [7, 11) is 0. The number of hydrogen-bond acceptors (Lipinski definition) is 3. The first-order chi connectivity index (χ1) is 13.7. The molecule has 1 aromatic rings. The Kier molecular flexibility index (Phi) is 8.35. The van der Waals surface area contributed by atoms with Crippen molar-refractivity contribution in [3.63, 3.8) is 0 Å². The molecule has 0 aromatic heterocycles. The molecule has 6 heteroatoms. The molecule has 0 spiro atoms. The monoisotopic (exact) mass is 404 g/mol. The van der Waals surface area contributed by atoms with E-state index in [1.807, 2.05) is 58.0 Å². The largest absolute Gasteiger partial charge is 0.465 e. The summed E-state index contributed by atoms with van der Waals surface area (Å²) in [5.41, 5.74) is 0.328. The van der Waals surface area contributed by atoms with Gasteiger partial charge in [0.1, 0.15) is 5.60 Å². The van der Waals surface area contributed by atoms with Gasteiger partial charge in [-0.25, -0.2) is 9.59 Å². The van der Waals surface area contributed by atoms with Gasteiger partial charge in [0.15, 0.2) is 0 Å². The van der Waals surface area contributed by atoms with E-state index in [9.17, 15) is 14.7 Å². The van der Waals surface area contributed by atoms with Gasteiger partial charge in [0.25, 0.3) is 0 Å². The summed E-state index contributed by atoms with van der Waals surface area (Å²) >= 11 is 0. The Hall–Kier alpha value is -2.24. The molecule has 29 heavy (non-hydrogen) atoms. The Morgan fingerprint density at radius 3 is 2.34 bits per heavy atom. The molecule has 0 saturated heterocycles. The Labute approximate surface area is 174 Å². The van der Waals surface area contributed by atoms with Crippen molar-refractivity contribution in [2.75, 3.05) is 0 Å². The van der Waals surface area contributed by atoms with E-state index >= 15 is 0 Å². The van der Waals surface area contributed by atoms with E-state index in [-0.39, 0.29) is 18.6 Å². The number of rotatable bonds is 7. The Balaban J connectivity index is 2.15. The lowest BCUT2D eigenvalue weighted by Crippen LogP contribution is -2.53. The molecule has 1 aromatic carbocycles. The van der Waals surface area contributed by atoms with Crippen molar-refractivity contribution in [3.8, 4) is 0 Å². The van der Waals surface area contributed by atoms with Gasteiger partial charge >= 0.3 is 12.2 Å². The van der Waals surface area contributed by atoms with Crippen molar-refractivity contribution < 1.29 is 19.4 Å². The normalized spacial score (nSPS) is 17.2. The van der Waals surface area contributed by atoms with Gasteiger partial charge in [0, 0.05) is 6.54 Å². The molecule has 1 fully saturated rings. The van der Waals surface area contributed by atoms with Crippen LogP contribution in [0, 0.1) is 5.92 Å². The quantitative estimate of drug-likeness (QED) is 0.636. The van der Waals surface area contributed by atoms with E-state index in [1.165, 1.54) is 24.2 Å². The fourth-order valence-electron chi connectivity index (χ4n) is 4.00. The van der Waals surface area contributed by atoms with Crippen LogP contribution < -0.4 is 5.32 Å². The molecule has 0 aliphatic heterocycles. The molecular weight excluding hydrogens is 368 g/mol. The third-order valence-electron chi connectivity index (χ3n) is 5.53. The fourth-order valence-corrected chi connectivity index (χ4v) is 4.00. The zero-order valence-corrected chi connectivity index (χ0v) is 18.2. The topological polar surface area (TPSA) is 78.9 Å². The van der Waals surface area contributed by atoms with Crippen LogP contribution in [0.3, 0.4) is 0 Å². The first kappa shape index (κ1) is 23.0. The van der Waals surface area contributed by atoms with Crippen LogP contribution in [0.4, 0.5) is 9.59 Å². The lowest BCUT2D eigenvalue weighted by molar-refractivity contribution is 0.0438. The van der Waals surface area contributed by atoms with Crippen molar-refractivity contribution in [1.29, 1.82) is 0 Å². The number of carboxylic acid groups (broad SMARTS) is 1. The Bertz CT molecular complexity index is 651. The minimum absolute atomic E-state index is 0.286. The highest BCUT2D eigenvalue weighted by Gasteiger charge is 2.32. The molecule has 2 amide bonds. The van der Waals surface area contributed by atoms with Gasteiger partial charge in [0.2, 0.25) is 0 Å². The summed E-state index contributed by atoms with van der Waals surface area (Å²) in [6.07, 6.45) is 5.20. The summed E-state index contributed by atoms with van der Waals surface area (Å²) in [4.78, 5) is 25.9. The van der Waals surface area contributed by atoms with Crippen molar-refractivity contribution >= 4 is 12.2 Å². The second-order valence-corrected chi connectivity index (χ2v) is 9.13. The maximum Gasteiger partial charge on any atom is 0.407 e. The molecule has 2 atom stereocenters. The van der Waals surface area contributed by atoms with Crippen molar-refractivity contribution in [2.24, 2.45) is 5.92 Å². The van der Waals surface area contributed by atoms with E-state index in [4.69, 9.17) is 4.74 Å². The number of amides is 2. The molecule has 2 N–H and O–H groups in total. The molecule has 0 unspecified atom stereocenters. The van der Waals surface area contributed by atoms with Gasteiger partial charge in [-0.3, -0.25) is 4.90 Å². The first-order valence-corrected chi connectivity index (χ1v) is 10.7. The van der Waals surface area contributed by atoms with E-state index < -0.39 is 17.8 Å². The number of nitrogens with zero attached hydrogens (tertiary/aromatic N) is 1. The number of carbonyl (C=O) groups excluding carboxylic acids is 1. The van der Waals surface area contributed by atoms with E-state index in [2.05, 4.69) is 5.32 Å². The van der Waals surface area contributed by atoms with Crippen LogP contribution in [-0.2, 0) is 11.3 Å². The fraction of sp³-hybridized carbons (Fsp3) is 0.652. The molecule has 2 rings (SSSR count). The molecule has 0 bridgehead atoms. The minimum atomic E-state index is -0.985. The van der Waals surface area contributed by atoms with Crippen molar-refractivity contribution in [3.05, 3.63) is 35.9 Å². The zero-order valence-electron chi connectivity index (χ0n) is 18.2. The Morgan fingerprint density at radius 2 is 1.79 bits per heavy atom. The van der Waals surface area contributed by atoms with Gasteiger partial charge in [-0.2, -0.15) is 0 Å². The van der Waals surface area contributed by atoms with Gasteiger partial charge in [0.05, 0.1) is 12.1 Å². The number of alkyl carbamates (subject to hydrolysis) is 1. The average molecular weight is 405 g/mol. The molecule has 1 aliphatic carbocycles. The second-order valence-electron chi connectivity index (χ2n) is 9.13. The lowest BCUT2D eigenvalue weighted by Gasteiger charge is -2.36. The molecule has 6 nitrogen and oxygen atoms in total. The predicted molar refractivity (Wildman–Crippen MR) is 114 cm³/mol. The maximum atomic E-state index is 12.5. The summed E-state index contributed by atoms with van der Waals surface area (Å²) in [6, 6.07) is 8.88. The van der Waals surface area contributed by atoms with Gasteiger partial charge in [-0.15, -0.1) is 0 Å². The highest BCUT2D eigenvalue weighted by Crippen LogP contribution is 2.29. The molecule has 1 aliphatic rings. The summed E-state index contributed by atoms with van der Waals surface area (Å²) < 4.78 is 5.45. The first-order valence-electron chi connectivity index (χ1n) is 10.7. The molecular formula is C23H36N2O4. The second kappa shape index (κ2) is 10.5. The highest BCUT2D eigenvalue weighted by molar-refractivity contribution is 5.69. The van der Waals surface area contributed by atoms with Crippen molar-refractivity contribution in [2.45, 2.75) is 90.4 Å². The average Bonchev–Trinajstić information content (AvgIpc) is 2.65. The van der Waals surface area contributed by atoms with Crippen LogP contribution in [0.15, 0.2) is 30.3 Å². The third kappa shape index (κ3) is 7.95. The standard InChI is InChI=1S/C23H36N2O4/c1-17(25(22(27)28)16-19-13-9-6-10-14-19)20(15-18-11-7-5-8-12-18)24-21(26)29-23(2,3)4/h6,9-10,13-14,17-18,20H,5,7-8,11-12,15-16H2,1-4H3,(H,24,26)(H,27,28)/t17-,20-/m0/s1. The van der Waals surface area contributed by atoms with Crippen LogP contribution >= 0.6 is 0 Å². The maximum absolute atomic E-state index is 12.5. The molecule has 1 saturated carbocycles. The number of ether oxygens (including phenoxy) is 1. The van der Waals surface area contributed by atoms with E-state index in [0.717, 1.165) is 24.8 Å². The van der Waals surface area contributed by atoms with Gasteiger partial charge in [-0.1, -0.05) is 62.4 Å². The number of benzene rings is 1. The number of nitrogens with one attached hydrogen (secondary N) is 1. The smallest absolute Gasteiger partial charge is 0.407 e. The molecule has 162 valence electrons. The van der Waals surface area contributed by atoms with Gasteiger partial charge in [-0.05, 0) is 45.6 Å². The predicted octanol–water partition coefficient (Wildman–Crippen LogP) is 5.42. The summed E-state index contributed by atoms with van der Waals surface area (Å²) in [5, 5.41) is 12.8. The third-order valence-corrected chi connectivity index (χ3v) is 5.53. The summed E-state index contributed by atoms with van der Waals surface area (Å²) in [5.74, 6) is 0.499. The van der Waals surface area contributed by atoms with E-state index in [0.29, 0.717) is 5.92 Å². The minimum Gasteiger partial charge on any atom is -0.465 e. The summed E-state index contributed by atoms with van der Waals surface area (Å²) in [6.45, 7) is 7.64. The van der Waals surface area contributed by atoms with Gasteiger partial charge < -0.3 is 15.2 Å². The SMILES string of the molecule is C[C@@H]([C@H](CC1CCCCC1)NC(=O)OC(C)(C)C)N(Cc1ccccc1)C(=O)O. The lowest BCUT2D eigenvalue weighted by atomic mass is 9.83. The van der Waals surface area contributed by atoms with E-state index in [1.54, 1.807) is 0 Å². The van der Waals surface area contributed by atoms with Crippen LogP contribution in [0.25, 0.3) is 0 Å². The van der Waals surface area contributed by atoms with Crippen LogP contribution in [0.1, 0.15) is 71.8 Å². The van der Waals surface area contributed by atoms with Crippen LogP contribution in [-0.4, -0.2) is 39.9 Å².